The number of benzene rings is 3. The molecule has 0 aliphatic rings. The Labute approximate surface area is 198 Å². The Morgan fingerprint density at radius 1 is 1.03 bits per heavy atom. The lowest BCUT2D eigenvalue weighted by atomic mass is 10.0. The molecule has 3 aromatic rings. The first-order valence-electron chi connectivity index (χ1n) is 10.7. The maximum Gasteiger partial charge on any atom is 0.408 e. The predicted molar refractivity (Wildman–Crippen MR) is 133 cm³/mol. The second-order valence-corrected chi connectivity index (χ2v) is 8.79. The van der Waals surface area contributed by atoms with Crippen molar-refractivity contribution in [2.24, 2.45) is 10.9 Å². The van der Waals surface area contributed by atoms with E-state index in [9.17, 15) is 14.7 Å². The van der Waals surface area contributed by atoms with E-state index in [4.69, 9.17) is 10.6 Å². The van der Waals surface area contributed by atoms with Crippen LogP contribution in [0, 0.1) is 11.8 Å². The zero-order chi connectivity index (χ0) is 24.7. The SMILES string of the molecule is CC(C)(C)OC(=O)N[C@@H](Cc1ccc(C#Cc2ccc3cc(C=NN)ccc3c2)cc1)C(=O)O. The first-order chi connectivity index (χ1) is 16.1. The van der Waals surface area contributed by atoms with Crippen LogP contribution in [0.15, 0.2) is 65.8 Å². The zero-order valence-electron chi connectivity index (χ0n) is 19.3. The van der Waals surface area contributed by atoms with Gasteiger partial charge in [0.05, 0.1) is 6.21 Å². The van der Waals surface area contributed by atoms with Crippen molar-refractivity contribution in [2.75, 3.05) is 0 Å². The van der Waals surface area contributed by atoms with Crippen molar-refractivity contribution in [3.05, 3.63) is 82.9 Å². The Balaban J connectivity index is 1.68. The highest BCUT2D eigenvalue weighted by Crippen LogP contribution is 2.17. The number of nitrogens with zero attached hydrogens (tertiary/aromatic N) is 1. The summed E-state index contributed by atoms with van der Waals surface area (Å²) >= 11 is 0. The van der Waals surface area contributed by atoms with Crippen LogP contribution in [0.5, 0.6) is 0 Å². The highest BCUT2D eigenvalue weighted by Gasteiger charge is 2.24. The lowest BCUT2D eigenvalue weighted by Gasteiger charge is -2.22. The molecule has 3 rings (SSSR count). The summed E-state index contributed by atoms with van der Waals surface area (Å²) in [4.78, 5) is 23.5. The van der Waals surface area contributed by atoms with Crippen LogP contribution in [0.4, 0.5) is 4.79 Å². The van der Waals surface area contributed by atoms with Gasteiger partial charge >= 0.3 is 12.1 Å². The van der Waals surface area contributed by atoms with Gasteiger partial charge in [0.15, 0.2) is 0 Å². The van der Waals surface area contributed by atoms with Gasteiger partial charge in [-0.05, 0) is 73.0 Å². The fraction of sp³-hybridized carbons (Fsp3) is 0.222. The fourth-order valence-corrected chi connectivity index (χ4v) is 3.26. The first kappa shape index (κ1) is 24.3. The minimum Gasteiger partial charge on any atom is -0.480 e. The van der Waals surface area contributed by atoms with Crippen LogP contribution in [0.2, 0.25) is 0 Å². The van der Waals surface area contributed by atoms with E-state index in [1.54, 1.807) is 39.1 Å². The maximum absolute atomic E-state index is 11.9. The number of rotatable bonds is 5. The van der Waals surface area contributed by atoms with Gasteiger partial charge < -0.3 is 21.0 Å². The largest absolute Gasteiger partial charge is 0.480 e. The molecule has 0 fully saturated rings. The number of nitrogens with two attached hydrogens (primary N) is 1. The molecule has 0 bridgehead atoms. The number of fused-ring (bicyclic) bond motifs is 1. The molecule has 0 aliphatic heterocycles. The van der Waals surface area contributed by atoms with E-state index in [0.717, 1.165) is 33.0 Å². The van der Waals surface area contributed by atoms with Gasteiger partial charge in [-0.25, -0.2) is 9.59 Å². The fourth-order valence-electron chi connectivity index (χ4n) is 3.26. The number of nitrogens with one attached hydrogen (secondary N) is 1. The average Bonchev–Trinajstić information content (AvgIpc) is 2.77. The summed E-state index contributed by atoms with van der Waals surface area (Å²) in [6, 6.07) is 18.1. The highest BCUT2D eigenvalue weighted by atomic mass is 16.6. The van der Waals surface area contributed by atoms with Gasteiger partial charge in [-0.3, -0.25) is 0 Å². The standard InChI is InChI=1S/C27H27N3O4/c1-27(2,3)34-26(33)30-24(25(31)32)16-20-8-5-18(6-9-20)4-7-19-10-12-23-15-21(17-29-28)11-13-22(23)14-19/h5-6,8-15,17,24H,16,28H2,1-3H3,(H,30,33)(H,31,32)/t24-/m0/s1. The number of hydrogen-bond donors (Lipinski definition) is 3. The van der Waals surface area contributed by atoms with Crippen molar-refractivity contribution in [2.45, 2.75) is 38.8 Å². The third-order valence-electron chi connectivity index (χ3n) is 4.82. The van der Waals surface area contributed by atoms with Crippen LogP contribution < -0.4 is 11.2 Å². The normalized spacial score (nSPS) is 12.1. The molecule has 7 heteroatoms. The van der Waals surface area contributed by atoms with Crippen molar-refractivity contribution in [1.29, 1.82) is 0 Å². The van der Waals surface area contributed by atoms with E-state index < -0.39 is 23.7 Å². The summed E-state index contributed by atoms with van der Waals surface area (Å²) in [5, 5.41) is 17.5. The van der Waals surface area contributed by atoms with Gasteiger partial charge in [-0.2, -0.15) is 5.10 Å². The van der Waals surface area contributed by atoms with Crippen molar-refractivity contribution >= 4 is 29.0 Å². The minimum absolute atomic E-state index is 0.129. The topological polar surface area (TPSA) is 114 Å². The van der Waals surface area contributed by atoms with Crippen LogP contribution in [-0.2, 0) is 16.0 Å². The van der Waals surface area contributed by atoms with Gasteiger partial charge in [-0.15, -0.1) is 0 Å². The van der Waals surface area contributed by atoms with Gasteiger partial charge in [0.25, 0.3) is 0 Å². The van der Waals surface area contributed by atoms with Gasteiger partial charge in [0, 0.05) is 17.5 Å². The summed E-state index contributed by atoms with van der Waals surface area (Å²) < 4.78 is 5.15. The Bertz CT molecular complexity index is 1280. The Kier molecular flexibility index (Phi) is 7.54. The third-order valence-corrected chi connectivity index (χ3v) is 4.82. The van der Waals surface area contributed by atoms with E-state index in [-0.39, 0.29) is 6.42 Å². The lowest BCUT2D eigenvalue weighted by molar-refractivity contribution is -0.139. The van der Waals surface area contributed by atoms with Crippen LogP contribution in [0.1, 0.15) is 43.0 Å². The molecular formula is C27H27N3O4. The first-order valence-corrected chi connectivity index (χ1v) is 10.7. The number of carbonyl (C=O) groups excluding carboxylic acids is 1. The average molecular weight is 458 g/mol. The van der Waals surface area contributed by atoms with Crippen molar-refractivity contribution in [3.63, 3.8) is 0 Å². The third kappa shape index (κ3) is 7.10. The molecule has 0 heterocycles. The Morgan fingerprint density at radius 3 is 2.29 bits per heavy atom. The monoisotopic (exact) mass is 457 g/mol. The maximum atomic E-state index is 11.9. The van der Waals surface area contributed by atoms with Gasteiger partial charge in [0.2, 0.25) is 0 Å². The summed E-state index contributed by atoms with van der Waals surface area (Å²) in [6.07, 6.45) is 0.967. The number of hydrazone groups is 1. The number of amides is 1. The minimum atomic E-state index is -1.13. The zero-order valence-corrected chi connectivity index (χ0v) is 19.3. The quantitative estimate of drug-likeness (QED) is 0.231. The molecule has 0 unspecified atom stereocenters. The van der Waals surface area contributed by atoms with Crippen LogP contribution in [0.25, 0.3) is 10.8 Å². The summed E-state index contributed by atoms with van der Waals surface area (Å²) in [5.74, 6) is 10.4. The number of hydrogen-bond acceptors (Lipinski definition) is 5. The number of carbonyl (C=O) groups is 2. The van der Waals surface area contributed by atoms with Crippen LogP contribution in [-0.4, -0.2) is 35.0 Å². The lowest BCUT2D eigenvalue weighted by Crippen LogP contribution is -2.44. The number of ether oxygens (including phenoxy) is 1. The molecule has 0 saturated heterocycles. The molecule has 174 valence electrons. The van der Waals surface area contributed by atoms with E-state index in [1.165, 1.54) is 0 Å². The molecule has 0 aromatic heterocycles. The molecule has 1 atom stereocenters. The molecule has 0 spiro atoms. The molecule has 0 radical (unpaired) electrons. The molecule has 3 aromatic carbocycles. The van der Waals surface area contributed by atoms with Crippen LogP contribution >= 0.6 is 0 Å². The van der Waals surface area contributed by atoms with E-state index in [1.807, 2.05) is 48.5 Å². The van der Waals surface area contributed by atoms with Gasteiger partial charge in [0.1, 0.15) is 11.6 Å². The molecule has 4 N–H and O–H groups in total. The molecule has 0 aliphatic carbocycles. The second kappa shape index (κ2) is 10.5. The number of carboxylic acid groups (broad SMARTS) is 1. The van der Waals surface area contributed by atoms with E-state index in [2.05, 4.69) is 22.3 Å². The summed E-state index contributed by atoms with van der Waals surface area (Å²) in [6.45, 7) is 5.15. The number of aliphatic carboxylic acids is 1. The van der Waals surface area contributed by atoms with Crippen molar-refractivity contribution < 1.29 is 19.4 Å². The van der Waals surface area contributed by atoms with Crippen molar-refractivity contribution in [1.82, 2.24) is 5.32 Å². The van der Waals surface area contributed by atoms with Crippen LogP contribution in [0.3, 0.4) is 0 Å². The van der Waals surface area contributed by atoms with E-state index >= 15 is 0 Å². The Hall–Kier alpha value is -4.31. The summed E-state index contributed by atoms with van der Waals surface area (Å²) in [5.41, 5.74) is 2.66. The molecule has 7 nitrogen and oxygen atoms in total. The smallest absolute Gasteiger partial charge is 0.408 e. The Morgan fingerprint density at radius 2 is 1.65 bits per heavy atom. The van der Waals surface area contributed by atoms with Gasteiger partial charge in [-0.1, -0.05) is 42.2 Å². The predicted octanol–water partition coefficient (Wildman–Crippen LogP) is 4.05. The molecular weight excluding hydrogens is 430 g/mol. The number of alkyl carbamates (subject to hydrolysis) is 1. The molecule has 1 amide bonds. The van der Waals surface area contributed by atoms with E-state index in [0.29, 0.717) is 0 Å². The number of carboxylic acids is 1. The molecule has 0 saturated carbocycles. The molecule has 34 heavy (non-hydrogen) atoms. The summed E-state index contributed by atoms with van der Waals surface area (Å²) in [7, 11) is 0. The highest BCUT2D eigenvalue weighted by molar-refractivity contribution is 5.91. The van der Waals surface area contributed by atoms with Crippen molar-refractivity contribution in [3.8, 4) is 11.8 Å². The second-order valence-electron chi connectivity index (χ2n) is 8.79.